The van der Waals surface area contributed by atoms with Crippen molar-refractivity contribution in [3.8, 4) is 5.75 Å². The second-order valence-electron chi connectivity index (χ2n) is 6.37. The summed E-state index contributed by atoms with van der Waals surface area (Å²) in [5.41, 5.74) is -0.579. The molecule has 0 fully saturated rings. The Bertz CT molecular complexity index is 1130. The normalized spacial score (nSPS) is 10.5. The quantitative estimate of drug-likeness (QED) is 0.497. The third kappa shape index (κ3) is 4.88. The fraction of sp³-hybridized carbons (Fsp3) is 0.0952. The van der Waals surface area contributed by atoms with Gasteiger partial charge in [0.2, 0.25) is 5.43 Å². The second kappa shape index (κ2) is 8.99. The first-order chi connectivity index (χ1) is 14.3. The molecule has 0 radical (unpaired) electrons. The lowest BCUT2D eigenvalue weighted by Gasteiger charge is -2.09. The number of aromatic hydroxyl groups is 1. The van der Waals surface area contributed by atoms with Gasteiger partial charge in [0.15, 0.2) is 11.4 Å². The molecule has 1 aromatic heterocycles. The summed E-state index contributed by atoms with van der Waals surface area (Å²) in [4.78, 5) is 39.2. The fourth-order valence-corrected chi connectivity index (χ4v) is 2.61. The molecule has 0 saturated heterocycles. The topological polar surface area (TPSA) is 111 Å². The number of H-pyrrole nitrogens is 1. The van der Waals surface area contributed by atoms with E-state index < -0.39 is 40.3 Å². The molecule has 0 unspecified atom stereocenters. The number of aromatic amines is 1. The number of nitrogens with one attached hydrogen (secondary N) is 3. The average molecular weight is 413 g/mol. The first-order valence-electron chi connectivity index (χ1n) is 8.85. The van der Waals surface area contributed by atoms with Gasteiger partial charge >= 0.3 is 0 Å². The zero-order chi connectivity index (χ0) is 21.7. The Labute approximate surface area is 169 Å². The number of amides is 2. The Morgan fingerprint density at radius 2 is 1.30 bits per heavy atom. The Hall–Kier alpha value is -4.01. The van der Waals surface area contributed by atoms with Gasteiger partial charge in [0.05, 0.1) is 0 Å². The van der Waals surface area contributed by atoms with Gasteiger partial charge in [-0.25, -0.2) is 8.78 Å². The van der Waals surface area contributed by atoms with Crippen molar-refractivity contribution in [3.05, 3.63) is 99.0 Å². The number of carbonyl (C=O) groups is 2. The summed E-state index contributed by atoms with van der Waals surface area (Å²) in [6, 6.07) is 10.9. The highest BCUT2D eigenvalue weighted by atomic mass is 19.1. The van der Waals surface area contributed by atoms with Gasteiger partial charge in [0, 0.05) is 19.3 Å². The van der Waals surface area contributed by atoms with E-state index in [0.717, 1.165) is 6.20 Å². The van der Waals surface area contributed by atoms with Gasteiger partial charge in [0.1, 0.15) is 17.2 Å². The van der Waals surface area contributed by atoms with Crippen molar-refractivity contribution < 1.29 is 23.5 Å². The highest BCUT2D eigenvalue weighted by Gasteiger charge is 2.20. The van der Waals surface area contributed by atoms with Crippen LogP contribution in [0.15, 0.2) is 59.5 Å². The number of halogens is 2. The molecule has 4 N–H and O–H groups in total. The zero-order valence-electron chi connectivity index (χ0n) is 15.5. The lowest BCUT2D eigenvalue weighted by molar-refractivity contribution is 0.0930. The molecule has 154 valence electrons. The van der Waals surface area contributed by atoms with Crippen molar-refractivity contribution in [2.24, 2.45) is 0 Å². The van der Waals surface area contributed by atoms with Crippen molar-refractivity contribution in [1.29, 1.82) is 0 Å². The zero-order valence-corrected chi connectivity index (χ0v) is 15.5. The van der Waals surface area contributed by atoms with Crippen LogP contribution in [-0.4, -0.2) is 21.9 Å². The fourth-order valence-electron chi connectivity index (χ4n) is 2.61. The summed E-state index contributed by atoms with van der Waals surface area (Å²) < 4.78 is 25.8. The number of benzene rings is 2. The number of pyridine rings is 1. The molecule has 3 aromatic rings. The third-order valence-corrected chi connectivity index (χ3v) is 4.26. The van der Waals surface area contributed by atoms with Crippen molar-refractivity contribution in [3.63, 3.8) is 0 Å². The van der Waals surface area contributed by atoms with E-state index in [1.807, 2.05) is 0 Å². The van der Waals surface area contributed by atoms with Gasteiger partial charge in [-0.3, -0.25) is 14.4 Å². The third-order valence-electron chi connectivity index (χ3n) is 4.26. The van der Waals surface area contributed by atoms with Gasteiger partial charge in [-0.05, 0) is 35.4 Å². The van der Waals surface area contributed by atoms with Gasteiger partial charge in [-0.1, -0.05) is 24.3 Å². The van der Waals surface area contributed by atoms with Crippen LogP contribution in [0.4, 0.5) is 8.78 Å². The molecule has 0 aliphatic heterocycles. The molecular formula is C21H17F2N3O4. The molecule has 0 aliphatic carbocycles. The molecule has 3 rings (SSSR count). The molecule has 9 heteroatoms. The monoisotopic (exact) mass is 413 g/mol. The first kappa shape index (κ1) is 20.7. The lowest BCUT2D eigenvalue weighted by atomic mass is 10.1. The molecule has 7 nitrogen and oxygen atoms in total. The van der Waals surface area contributed by atoms with Gasteiger partial charge in [-0.15, -0.1) is 0 Å². The van der Waals surface area contributed by atoms with Crippen LogP contribution in [0.25, 0.3) is 0 Å². The molecule has 0 bridgehead atoms. The van der Waals surface area contributed by atoms with Crippen molar-refractivity contribution >= 4 is 11.8 Å². The van der Waals surface area contributed by atoms with Crippen LogP contribution in [0, 0.1) is 11.6 Å². The largest absolute Gasteiger partial charge is 0.503 e. The molecule has 0 aliphatic rings. The van der Waals surface area contributed by atoms with Crippen molar-refractivity contribution in [1.82, 2.24) is 15.6 Å². The minimum Gasteiger partial charge on any atom is -0.503 e. The summed E-state index contributed by atoms with van der Waals surface area (Å²) in [7, 11) is 0. The highest BCUT2D eigenvalue weighted by molar-refractivity contribution is 5.98. The minimum atomic E-state index is -1.02. The summed E-state index contributed by atoms with van der Waals surface area (Å²) in [5, 5.41) is 15.0. The number of carbonyl (C=O) groups excluding carboxylic acids is 2. The minimum absolute atomic E-state index is 0.0409. The number of hydrogen-bond donors (Lipinski definition) is 4. The van der Waals surface area contributed by atoms with Crippen LogP contribution in [0.2, 0.25) is 0 Å². The molecule has 1 heterocycles. The Balaban J connectivity index is 1.67. The maximum absolute atomic E-state index is 12.9. The van der Waals surface area contributed by atoms with Crippen LogP contribution in [-0.2, 0) is 13.1 Å². The van der Waals surface area contributed by atoms with E-state index in [2.05, 4.69) is 15.6 Å². The van der Waals surface area contributed by atoms with E-state index in [1.165, 1.54) is 48.5 Å². The van der Waals surface area contributed by atoms with E-state index in [1.54, 1.807) is 0 Å². The lowest BCUT2D eigenvalue weighted by Crippen LogP contribution is -2.31. The van der Waals surface area contributed by atoms with Gasteiger partial charge in [-0.2, -0.15) is 0 Å². The van der Waals surface area contributed by atoms with Crippen LogP contribution in [0.3, 0.4) is 0 Å². The predicted molar refractivity (Wildman–Crippen MR) is 104 cm³/mol. The molecule has 2 aromatic carbocycles. The molecule has 30 heavy (non-hydrogen) atoms. The summed E-state index contributed by atoms with van der Waals surface area (Å²) in [6.45, 7) is 0.0830. The molecule has 0 saturated carbocycles. The number of hydrogen-bond acceptors (Lipinski definition) is 4. The van der Waals surface area contributed by atoms with E-state index in [-0.39, 0.29) is 18.7 Å². The van der Waals surface area contributed by atoms with Gasteiger partial charge < -0.3 is 20.7 Å². The Kier molecular flexibility index (Phi) is 6.21. The summed E-state index contributed by atoms with van der Waals surface area (Å²) >= 11 is 0. The average Bonchev–Trinajstić information content (AvgIpc) is 2.74. The second-order valence-corrected chi connectivity index (χ2v) is 6.37. The molecule has 2 amide bonds. The van der Waals surface area contributed by atoms with E-state index >= 15 is 0 Å². The number of aromatic nitrogens is 1. The van der Waals surface area contributed by atoms with E-state index in [0.29, 0.717) is 11.1 Å². The Morgan fingerprint density at radius 3 is 1.80 bits per heavy atom. The SMILES string of the molecule is O=C(NCc1ccc(F)cc1)c1[nH]cc(C(=O)NCc2ccc(F)cc2)c(=O)c1O. The van der Waals surface area contributed by atoms with Gasteiger partial charge in [0.25, 0.3) is 11.8 Å². The van der Waals surface area contributed by atoms with E-state index in [9.17, 15) is 28.3 Å². The maximum Gasteiger partial charge on any atom is 0.271 e. The smallest absolute Gasteiger partial charge is 0.271 e. The van der Waals surface area contributed by atoms with Crippen LogP contribution >= 0.6 is 0 Å². The van der Waals surface area contributed by atoms with Crippen LogP contribution in [0.5, 0.6) is 5.75 Å². The summed E-state index contributed by atoms with van der Waals surface area (Å²) in [5.74, 6) is -3.28. The van der Waals surface area contributed by atoms with Crippen LogP contribution < -0.4 is 16.1 Å². The molecule has 0 atom stereocenters. The van der Waals surface area contributed by atoms with Crippen molar-refractivity contribution in [2.75, 3.05) is 0 Å². The Morgan fingerprint density at radius 1 is 0.833 bits per heavy atom. The summed E-state index contributed by atoms with van der Waals surface area (Å²) in [6.07, 6.45) is 1.02. The van der Waals surface area contributed by atoms with Crippen molar-refractivity contribution in [2.45, 2.75) is 13.1 Å². The maximum atomic E-state index is 12.9. The first-order valence-corrected chi connectivity index (χ1v) is 8.85. The molecule has 0 spiro atoms. The standard InChI is InChI=1S/C21H17F2N3O4/c22-14-5-1-12(2-6-14)9-25-20(29)16-11-24-17(19(28)18(16)27)21(30)26-10-13-3-7-15(23)8-4-13/h1-8,11,28H,9-10H2,(H,24,27)(H,25,29)(H,26,30). The van der Waals surface area contributed by atoms with Crippen LogP contribution in [0.1, 0.15) is 32.0 Å². The van der Waals surface area contributed by atoms with E-state index in [4.69, 9.17) is 0 Å². The predicted octanol–water partition coefficient (Wildman–Crippen LogP) is 2.22. The highest BCUT2D eigenvalue weighted by Crippen LogP contribution is 2.11. The number of rotatable bonds is 6. The molecular weight excluding hydrogens is 396 g/mol.